The Morgan fingerprint density at radius 2 is 2.00 bits per heavy atom. The quantitative estimate of drug-likeness (QED) is 0.807. The van der Waals surface area contributed by atoms with Crippen LogP contribution in [0.4, 0.5) is 0 Å². The monoisotopic (exact) mass is 207 g/mol. The molecule has 2 fully saturated rings. The van der Waals surface area contributed by atoms with Crippen LogP contribution in [0.25, 0.3) is 0 Å². The minimum absolute atomic E-state index is 0.313. The van der Waals surface area contributed by atoms with E-state index in [4.69, 9.17) is 4.52 Å². The number of nitrogens with zero attached hydrogens (tertiary/aromatic N) is 2. The van der Waals surface area contributed by atoms with Crippen LogP contribution in [0, 0.1) is 0 Å². The maximum Gasteiger partial charge on any atom is 0.243 e. The van der Waals surface area contributed by atoms with Crippen LogP contribution >= 0.6 is 0 Å². The van der Waals surface area contributed by atoms with Gasteiger partial charge in [-0.25, -0.2) is 0 Å². The smallest absolute Gasteiger partial charge is 0.243 e. The number of rotatable bonds is 2. The van der Waals surface area contributed by atoms with E-state index in [1.165, 1.54) is 32.1 Å². The van der Waals surface area contributed by atoms with E-state index >= 15 is 0 Å². The molecular weight excluding hydrogens is 190 g/mol. The molecule has 1 aliphatic carbocycles. The lowest BCUT2D eigenvalue weighted by Gasteiger charge is -2.02. The molecule has 0 aromatic carbocycles. The predicted molar refractivity (Wildman–Crippen MR) is 55.5 cm³/mol. The highest BCUT2D eigenvalue weighted by atomic mass is 16.5. The molecule has 0 spiro atoms. The lowest BCUT2D eigenvalue weighted by atomic mass is 10.1. The molecule has 1 aromatic rings. The van der Waals surface area contributed by atoms with Crippen LogP contribution in [0.5, 0.6) is 0 Å². The maximum absolute atomic E-state index is 5.34. The number of hydrogen-bond acceptors (Lipinski definition) is 4. The SMILES string of the molecule is C1CCC(c2noc([C@@H]3CCCN3)n2)C1. The van der Waals surface area contributed by atoms with Crippen LogP contribution in [0.3, 0.4) is 0 Å². The fraction of sp³-hybridized carbons (Fsp3) is 0.818. The highest BCUT2D eigenvalue weighted by molar-refractivity contribution is 5.01. The molecule has 15 heavy (non-hydrogen) atoms. The summed E-state index contributed by atoms with van der Waals surface area (Å²) in [7, 11) is 0. The number of hydrogen-bond donors (Lipinski definition) is 1. The van der Waals surface area contributed by atoms with Gasteiger partial charge in [-0.3, -0.25) is 0 Å². The van der Waals surface area contributed by atoms with E-state index in [2.05, 4.69) is 15.5 Å². The second-order valence-electron chi connectivity index (χ2n) is 4.62. The Kier molecular flexibility index (Phi) is 2.44. The predicted octanol–water partition coefficient (Wildman–Crippen LogP) is 2.15. The standard InChI is InChI=1S/C11H17N3O/c1-2-5-8(4-1)10-13-11(15-14-10)9-6-3-7-12-9/h8-9,12H,1-7H2/t9-/m0/s1. The van der Waals surface area contributed by atoms with E-state index in [-0.39, 0.29) is 0 Å². The summed E-state index contributed by atoms with van der Waals surface area (Å²) in [5, 5.41) is 7.50. The van der Waals surface area contributed by atoms with Crippen molar-refractivity contribution in [2.45, 2.75) is 50.5 Å². The third-order valence-corrected chi connectivity index (χ3v) is 3.54. The van der Waals surface area contributed by atoms with Crippen molar-refractivity contribution in [3.05, 3.63) is 11.7 Å². The van der Waals surface area contributed by atoms with Crippen LogP contribution in [0.2, 0.25) is 0 Å². The molecule has 1 aliphatic heterocycles. The Morgan fingerprint density at radius 1 is 1.13 bits per heavy atom. The van der Waals surface area contributed by atoms with Crippen molar-refractivity contribution in [1.29, 1.82) is 0 Å². The van der Waals surface area contributed by atoms with Crippen LogP contribution in [0.15, 0.2) is 4.52 Å². The van der Waals surface area contributed by atoms with Crippen molar-refractivity contribution in [3.63, 3.8) is 0 Å². The molecule has 0 radical (unpaired) electrons. The molecule has 1 aromatic heterocycles. The van der Waals surface area contributed by atoms with Crippen LogP contribution in [-0.2, 0) is 0 Å². The highest BCUT2D eigenvalue weighted by Crippen LogP contribution is 2.33. The summed E-state index contributed by atoms with van der Waals surface area (Å²) in [6.07, 6.45) is 7.44. The fourth-order valence-electron chi connectivity index (χ4n) is 2.63. The molecule has 1 saturated carbocycles. The van der Waals surface area contributed by atoms with Gasteiger partial charge in [-0.05, 0) is 32.2 Å². The molecule has 1 saturated heterocycles. The van der Waals surface area contributed by atoms with Gasteiger partial charge in [0.15, 0.2) is 5.82 Å². The average molecular weight is 207 g/mol. The molecule has 2 heterocycles. The first-order valence-corrected chi connectivity index (χ1v) is 6.00. The largest absolute Gasteiger partial charge is 0.338 e. The van der Waals surface area contributed by atoms with Gasteiger partial charge in [-0.2, -0.15) is 4.98 Å². The van der Waals surface area contributed by atoms with Crippen molar-refractivity contribution in [1.82, 2.24) is 15.5 Å². The summed E-state index contributed by atoms with van der Waals surface area (Å²) < 4.78 is 5.34. The zero-order valence-electron chi connectivity index (χ0n) is 8.91. The lowest BCUT2D eigenvalue weighted by molar-refractivity contribution is 0.339. The molecule has 0 bridgehead atoms. The molecular formula is C11H17N3O. The molecule has 0 amide bonds. The fourth-order valence-corrected chi connectivity index (χ4v) is 2.63. The Morgan fingerprint density at radius 3 is 2.73 bits per heavy atom. The van der Waals surface area contributed by atoms with Crippen LogP contribution in [-0.4, -0.2) is 16.7 Å². The molecule has 1 atom stereocenters. The summed E-state index contributed by atoms with van der Waals surface area (Å²) in [5.74, 6) is 2.30. The third-order valence-electron chi connectivity index (χ3n) is 3.54. The second kappa shape index (κ2) is 3.93. The first-order chi connectivity index (χ1) is 7.43. The first-order valence-electron chi connectivity index (χ1n) is 6.00. The summed E-state index contributed by atoms with van der Waals surface area (Å²) in [5.41, 5.74) is 0. The molecule has 4 heteroatoms. The minimum atomic E-state index is 0.313. The van der Waals surface area contributed by atoms with E-state index < -0.39 is 0 Å². The van der Waals surface area contributed by atoms with E-state index in [1.807, 2.05) is 0 Å². The highest BCUT2D eigenvalue weighted by Gasteiger charge is 2.26. The van der Waals surface area contributed by atoms with Gasteiger partial charge in [0, 0.05) is 5.92 Å². The van der Waals surface area contributed by atoms with Gasteiger partial charge >= 0.3 is 0 Å². The first kappa shape index (κ1) is 9.33. The number of aromatic nitrogens is 2. The van der Waals surface area contributed by atoms with E-state index in [0.29, 0.717) is 12.0 Å². The molecule has 4 nitrogen and oxygen atoms in total. The van der Waals surface area contributed by atoms with Gasteiger partial charge in [-0.1, -0.05) is 18.0 Å². The zero-order valence-corrected chi connectivity index (χ0v) is 8.91. The van der Waals surface area contributed by atoms with Crippen molar-refractivity contribution < 1.29 is 4.52 Å². The summed E-state index contributed by atoms with van der Waals surface area (Å²) in [6, 6.07) is 0.313. The molecule has 2 aliphatic rings. The Hall–Kier alpha value is -0.900. The Balaban J connectivity index is 1.74. The van der Waals surface area contributed by atoms with Gasteiger partial charge in [0.1, 0.15) is 0 Å². The molecule has 0 unspecified atom stereocenters. The average Bonchev–Trinajstić information content (AvgIpc) is 3.02. The van der Waals surface area contributed by atoms with E-state index in [1.54, 1.807) is 0 Å². The Bertz CT molecular complexity index is 294. The van der Waals surface area contributed by atoms with Gasteiger partial charge in [0.2, 0.25) is 5.89 Å². The normalized spacial score (nSPS) is 27.6. The van der Waals surface area contributed by atoms with E-state index in [9.17, 15) is 0 Å². The van der Waals surface area contributed by atoms with Crippen LogP contribution < -0.4 is 5.32 Å². The van der Waals surface area contributed by atoms with Crippen molar-refractivity contribution in [2.24, 2.45) is 0 Å². The van der Waals surface area contributed by atoms with Crippen molar-refractivity contribution in [2.75, 3.05) is 6.54 Å². The lowest BCUT2D eigenvalue weighted by Crippen LogP contribution is -2.13. The summed E-state index contributed by atoms with van der Waals surface area (Å²) >= 11 is 0. The van der Waals surface area contributed by atoms with Gasteiger partial charge < -0.3 is 9.84 Å². The molecule has 82 valence electrons. The van der Waals surface area contributed by atoms with Crippen LogP contribution in [0.1, 0.15) is 62.2 Å². The van der Waals surface area contributed by atoms with Gasteiger partial charge in [0.05, 0.1) is 6.04 Å². The zero-order chi connectivity index (χ0) is 10.1. The summed E-state index contributed by atoms with van der Waals surface area (Å²) in [6.45, 7) is 1.08. The maximum atomic E-state index is 5.34. The second-order valence-corrected chi connectivity index (χ2v) is 4.62. The van der Waals surface area contributed by atoms with Crippen molar-refractivity contribution in [3.8, 4) is 0 Å². The third kappa shape index (κ3) is 1.78. The topological polar surface area (TPSA) is 51.0 Å². The summed E-state index contributed by atoms with van der Waals surface area (Å²) in [4.78, 5) is 4.53. The Labute approximate surface area is 89.4 Å². The van der Waals surface area contributed by atoms with E-state index in [0.717, 1.165) is 24.7 Å². The molecule has 3 rings (SSSR count). The minimum Gasteiger partial charge on any atom is -0.338 e. The number of nitrogens with one attached hydrogen (secondary N) is 1. The molecule has 1 N–H and O–H groups in total. The van der Waals surface area contributed by atoms with Crippen molar-refractivity contribution >= 4 is 0 Å². The van der Waals surface area contributed by atoms with Gasteiger partial charge in [0.25, 0.3) is 0 Å². The van der Waals surface area contributed by atoms with Gasteiger partial charge in [-0.15, -0.1) is 0 Å².